The third kappa shape index (κ3) is 8.38. The Morgan fingerprint density at radius 1 is 0.875 bits per heavy atom. The predicted octanol–water partition coefficient (Wildman–Crippen LogP) is 3.41. The molecule has 3 amide bonds. The van der Waals surface area contributed by atoms with Gasteiger partial charge in [0.25, 0.3) is 5.91 Å². The molecule has 0 aliphatic carbocycles. The monoisotopic (exact) mass is 461 g/mol. The summed E-state index contributed by atoms with van der Waals surface area (Å²) in [4.78, 5) is 47.5. The number of rotatable bonds is 9. The molecular formula is C22H24FN3O5S. The maximum atomic E-state index is 12.9. The smallest absolute Gasteiger partial charge is 0.319 e. The topological polar surface area (TPSA) is 114 Å². The summed E-state index contributed by atoms with van der Waals surface area (Å²) < 4.78 is 18.1. The Kier molecular flexibility index (Phi) is 9.21. The van der Waals surface area contributed by atoms with Crippen LogP contribution in [0.25, 0.3) is 0 Å². The molecule has 0 unspecified atom stereocenters. The van der Waals surface area contributed by atoms with Crippen LogP contribution in [-0.2, 0) is 23.9 Å². The molecule has 0 aliphatic heterocycles. The Labute approximate surface area is 189 Å². The van der Waals surface area contributed by atoms with E-state index >= 15 is 0 Å². The molecule has 0 aliphatic rings. The molecule has 8 nitrogen and oxygen atoms in total. The Bertz CT molecular complexity index is 967. The lowest BCUT2D eigenvalue weighted by atomic mass is 10.2. The second kappa shape index (κ2) is 11.8. The molecule has 32 heavy (non-hydrogen) atoms. The zero-order chi connectivity index (χ0) is 23.7. The van der Waals surface area contributed by atoms with Crippen molar-refractivity contribution in [2.75, 3.05) is 21.7 Å². The van der Waals surface area contributed by atoms with Gasteiger partial charge in [0.15, 0.2) is 6.10 Å². The maximum Gasteiger partial charge on any atom is 0.319 e. The van der Waals surface area contributed by atoms with Gasteiger partial charge in [0, 0.05) is 24.0 Å². The van der Waals surface area contributed by atoms with Crippen molar-refractivity contribution in [1.82, 2.24) is 0 Å². The highest BCUT2D eigenvalue weighted by molar-refractivity contribution is 8.01. The molecule has 10 heteroatoms. The third-order valence-electron chi connectivity index (χ3n) is 4.06. The standard InChI is InChI=1S/C22H24FN3O5S/c1-13(21(29)26-19-10-8-17(9-11-19)24-15(3)27)31-22(30)14(2)32-12-20(28)25-18-6-4-16(23)5-7-18/h4-11,13-14H,12H2,1-3H3,(H,24,27)(H,25,28)(H,26,29)/t13-,14-/m0/s1. The lowest BCUT2D eigenvalue weighted by Crippen LogP contribution is -2.33. The molecule has 0 aromatic heterocycles. The largest absolute Gasteiger partial charge is 0.452 e. The summed E-state index contributed by atoms with van der Waals surface area (Å²) >= 11 is 1.05. The first-order chi connectivity index (χ1) is 15.1. The van der Waals surface area contributed by atoms with Crippen molar-refractivity contribution in [2.24, 2.45) is 0 Å². The molecule has 0 bridgehead atoms. The van der Waals surface area contributed by atoms with Crippen LogP contribution < -0.4 is 16.0 Å². The quantitative estimate of drug-likeness (QED) is 0.493. The van der Waals surface area contributed by atoms with E-state index < -0.39 is 29.0 Å². The summed E-state index contributed by atoms with van der Waals surface area (Å²) in [6, 6.07) is 11.8. The average molecular weight is 462 g/mol. The number of amides is 3. The first-order valence-corrected chi connectivity index (χ1v) is 10.7. The van der Waals surface area contributed by atoms with Crippen molar-refractivity contribution in [3.63, 3.8) is 0 Å². The van der Waals surface area contributed by atoms with Crippen LogP contribution in [0.5, 0.6) is 0 Å². The highest BCUT2D eigenvalue weighted by Gasteiger charge is 2.23. The molecule has 0 fully saturated rings. The molecular weight excluding hydrogens is 437 g/mol. The first kappa shape index (κ1) is 24.9. The number of carbonyl (C=O) groups is 4. The van der Waals surface area contributed by atoms with Crippen LogP contribution in [0.3, 0.4) is 0 Å². The fourth-order valence-corrected chi connectivity index (χ4v) is 3.07. The van der Waals surface area contributed by atoms with Gasteiger partial charge in [0.05, 0.1) is 5.75 Å². The van der Waals surface area contributed by atoms with Crippen LogP contribution in [0.1, 0.15) is 20.8 Å². The van der Waals surface area contributed by atoms with Gasteiger partial charge >= 0.3 is 5.97 Å². The van der Waals surface area contributed by atoms with Gasteiger partial charge in [0.1, 0.15) is 11.1 Å². The summed E-state index contributed by atoms with van der Waals surface area (Å²) in [5.41, 5.74) is 1.51. The van der Waals surface area contributed by atoms with Crippen LogP contribution >= 0.6 is 11.8 Å². The minimum Gasteiger partial charge on any atom is -0.452 e. The van der Waals surface area contributed by atoms with E-state index in [1.165, 1.54) is 38.1 Å². The van der Waals surface area contributed by atoms with E-state index in [0.717, 1.165) is 11.8 Å². The number of thioether (sulfide) groups is 1. The number of carbonyl (C=O) groups excluding carboxylic acids is 4. The predicted molar refractivity (Wildman–Crippen MR) is 122 cm³/mol. The summed E-state index contributed by atoms with van der Waals surface area (Å²) in [7, 11) is 0. The van der Waals surface area contributed by atoms with Crippen molar-refractivity contribution < 1.29 is 28.3 Å². The van der Waals surface area contributed by atoms with Gasteiger partial charge in [-0.15, -0.1) is 11.8 Å². The molecule has 0 saturated heterocycles. The number of halogens is 1. The van der Waals surface area contributed by atoms with E-state index in [0.29, 0.717) is 17.1 Å². The van der Waals surface area contributed by atoms with Crippen LogP contribution in [0.2, 0.25) is 0 Å². The lowest BCUT2D eigenvalue weighted by Gasteiger charge is -2.16. The molecule has 0 radical (unpaired) electrons. The Morgan fingerprint density at radius 2 is 1.38 bits per heavy atom. The van der Waals surface area contributed by atoms with E-state index in [9.17, 15) is 23.6 Å². The van der Waals surface area contributed by atoms with E-state index in [2.05, 4.69) is 16.0 Å². The van der Waals surface area contributed by atoms with Crippen LogP contribution in [-0.4, -0.2) is 40.8 Å². The van der Waals surface area contributed by atoms with Crippen molar-refractivity contribution in [3.8, 4) is 0 Å². The summed E-state index contributed by atoms with van der Waals surface area (Å²) in [5, 5.41) is 7.16. The van der Waals surface area contributed by atoms with Gasteiger partial charge in [-0.2, -0.15) is 0 Å². The van der Waals surface area contributed by atoms with Gasteiger partial charge in [-0.3, -0.25) is 19.2 Å². The minimum atomic E-state index is -1.05. The number of ether oxygens (including phenoxy) is 1. The summed E-state index contributed by atoms with van der Waals surface area (Å²) in [6.45, 7) is 4.41. The summed E-state index contributed by atoms with van der Waals surface area (Å²) in [6.07, 6.45) is -1.05. The number of esters is 1. The Hall–Kier alpha value is -3.40. The SMILES string of the molecule is CC(=O)Nc1ccc(NC(=O)[C@H](C)OC(=O)[C@H](C)SCC(=O)Nc2ccc(F)cc2)cc1. The first-order valence-electron chi connectivity index (χ1n) is 9.70. The van der Waals surface area contributed by atoms with Gasteiger partial charge < -0.3 is 20.7 Å². The van der Waals surface area contributed by atoms with Crippen LogP contribution in [0.15, 0.2) is 48.5 Å². The zero-order valence-corrected chi connectivity index (χ0v) is 18.6. The number of hydrogen-bond donors (Lipinski definition) is 3. The Balaban J connectivity index is 1.76. The Morgan fingerprint density at radius 3 is 1.94 bits per heavy atom. The molecule has 2 aromatic rings. The van der Waals surface area contributed by atoms with E-state index in [4.69, 9.17) is 4.74 Å². The van der Waals surface area contributed by atoms with E-state index in [-0.39, 0.29) is 17.6 Å². The van der Waals surface area contributed by atoms with Crippen molar-refractivity contribution in [2.45, 2.75) is 32.1 Å². The molecule has 2 rings (SSSR count). The average Bonchev–Trinajstić information content (AvgIpc) is 2.74. The number of anilines is 3. The van der Waals surface area contributed by atoms with Gasteiger partial charge in [-0.1, -0.05) is 0 Å². The molecule has 0 heterocycles. The van der Waals surface area contributed by atoms with Gasteiger partial charge in [-0.25, -0.2) is 4.39 Å². The minimum absolute atomic E-state index is 0.0190. The molecule has 170 valence electrons. The third-order valence-corrected chi connectivity index (χ3v) is 5.18. The highest BCUT2D eigenvalue weighted by Crippen LogP contribution is 2.17. The molecule has 0 spiro atoms. The van der Waals surface area contributed by atoms with Crippen LogP contribution in [0.4, 0.5) is 21.5 Å². The molecule has 3 N–H and O–H groups in total. The van der Waals surface area contributed by atoms with Crippen LogP contribution in [0, 0.1) is 5.82 Å². The maximum absolute atomic E-state index is 12.9. The van der Waals surface area contributed by atoms with Crippen molar-refractivity contribution in [1.29, 1.82) is 0 Å². The summed E-state index contributed by atoms with van der Waals surface area (Å²) in [5.74, 6) is -2.13. The highest BCUT2D eigenvalue weighted by atomic mass is 32.2. The normalized spacial score (nSPS) is 12.2. The number of benzene rings is 2. The fourth-order valence-electron chi connectivity index (χ4n) is 2.41. The molecule has 0 saturated carbocycles. The van der Waals surface area contributed by atoms with Crippen molar-refractivity contribution in [3.05, 3.63) is 54.3 Å². The number of hydrogen-bond acceptors (Lipinski definition) is 6. The van der Waals surface area contributed by atoms with E-state index in [1.54, 1.807) is 31.2 Å². The molecule has 2 aromatic carbocycles. The lowest BCUT2D eigenvalue weighted by molar-refractivity contribution is -0.152. The second-order valence-electron chi connectivity index (χ2n) is 6.84. The van der Waals surface area contributed by atoms with Crippen molar-refractivity contribution >= 4 is 52.5 Å². The second-order valence-corrected chi connectivity index (χ2v) is 8.16. The zero-order valence-electron chi connectivity index (χ0n) is 17.8. The van der Waals surface area contributed by atoms with Gasteiger partial charge in [-0.05, 0) is 62.4 Å². The number of nitrogens with one attached hydrogen (secondary N) is 3. The van der Waals surface area contributed by atoms with Gasteiger partial charge in [0.2, 0.25) is 11.8 Å². The fraction of sp³-hybridized carbons (Fsp3) is 0.273. The van der Waals surface area contributed by atoms with E-state index in [1.807, 2.05) is 0 Å². The molecule has 2 atom stereocenters.